The lowest BCUT2D eigenvalue weighted by Gasteiger charge is -1.95. The molecule has 0 aliphatic carbocycles. The van der Waals surface area contributed by atoms with E-state index in [4.69, 9.17) is 0 Å². The van der Waals surface area contributed by atoms with E-state index in [0.717, 1.165) is 13.0 Å². The highest BCUT2D eigenvalue weighted by atomic mass is 79.9. The first kappa shape index (κ1) is 11.0. The zero-order valence-corrected chi connectivity index (χ0v) is 9.43. The van der Waals surface area contributed by atoms with Gasteiger partial charge in [0.2, 0.25) is 0 Å². The molecule has 0 saturated heterocycles. The molecule has 14 heavy (non-hydrogen) atoms. The zero-order valence-electron chi connectivity index (χ0n) is 7.84. The topological polar surface area (TPSA) is 45.2 Å². The van der Waals surface area contributed by atoms with Crippen LogP contribution in [0.5, 0.6) is 5.75 Å². The van der Waals surface area contributed by atoms with Gasteiger partial charge in [0.15, 0.2) is 5.69 Å². The fourth-order valence-corrected chi connectivity index (χ4v) is 1.16. The maximum absolute atomic E-state index is 9.39. The van der Waals surface area contributed by atoms with Gasteiger partial charge in [-0.05, 0) is 41.0 Å². The van der Waals surface area contributed by atoms with E-state index >= 15 is 0 Å². The van der Waals surface area contributed by atoms with E-state index in [2.05, 4.69) is 38.1 Å². The van der Waals surface area contributed by atoms with Crippen molar-refractivity contribution in [1.29, 1.82) is 0 Å². The fourth-order valence-electron chi connectivity index (χ4n) is 0.854. The molecule has 1 heterocycles. The number of hydrogen-bond acceptors (Lipinski definition) is 3. The van der Waals surface area contributed by atoms with E-state index in [0.29, 0.717) is 10.3 Å². The van der Waals surface area contributed by atoms with Gasteiger partial charge in [0, 0.05) is 13.0 Å². The van der Waals surface area contributed by atoms with Crippen LogP contribution in [0.2, 0.25) is 0 Å². The highest BCUT2D eigenvalue weighted by Gasteiger charge is 1.98. The SMILES string of the molecule is CNCCC#Cc1nc(Br)ccc1O. The van der Waals surface area contributed by atoms with Gasteiger partial charge in [-0.25, -0.2) is 4.98 Å². The van der Waals surface area contributed by atoms with Gasteiger partial charge in [-0.3, -0.25) is 0 Å². The molecule has 0 unspecified atom stereocenters. The summed E-state index contributed by atoms with van der Waals surface area (Å²) in [6, 6.07) is 3.24. The molecular weight excluding hydrogens is 244 g/mol. The Balaban J connectivity index is 2.73. The number of hydrogen-bond donors (Lipinski definition) is 2. The molecule has 1 aromatic rings. The second-order valence-electron chi connectivity index (χ2n) is 2.66. The Morgan fingerprint density at radius 2 is 2.36 bits per heavy atom. The lowest BCUT2D eigenvalue weighted by molar-refractivity contribution is 0.470. The van der Waals surface area contributed by atoms with E-state index in [-0.39, 0.29) is 5.75 Å². The largest absolute Gasteiger partial charge is 0.505 e. The number of aromatic nitrogens is 1. The molecule has 0 atom stereocenters. The summed E-state index contributed by atoms with van der Waals surface area (Å²) in [5, 5.41) is 12.4. The van der Waals surface area contributed by atoms with Gasteiger partial charge in [0.05, 0.1) is 0 Å². The van der Waals surface area contributed by atoms with Crippen LogP contribution in [-0.2, 0) is 0 Å². The molecule has 0 radical (unpaired) electrons. The third kappa shape index (κ3) is 3.36. The first-order valence-corrected chi connectivity index (χ1v) is 5.02. The minimum absolute atomic E-state index is 0.116. The summed E-state index contributed by atoms with van der Waals surface area (Å²) in [5.41, 5.74) is 0.412. The molecule has 0 aromatic carbocycles. The second-order valence-corrected chi connectivity index (χ2v) is 3.47. The number of nitrogens with one attached hydrogen (secondary N) is 1. The van der Waals surface area contributed by atoms with Crippen LogP contribution in [-0.4, -0.2) is 23.7 Å². The Labute approximate surface area is 91.7 Å². The molecule has 0 aliphatic heterocycles. The zero-order chi connectivity index (χ0) is 10.4. The molecule has 1 rings (SSSR count). The lowest BCUT2D eigenvalue weighted by Crippen LogP contribution is -2.05. The van der Waals surface area contributed by atoms with Gasteiger partial charge in [-0.2, -0.15) is 0 Å². The Bertz CT molecular complexity index is 368. The molecular formula is C10H11BrN2O. The Hall–Kier alpha value is -1.05. The molecule has 0 aliphatic rings. The first-order chi connectivity index (χ1) is 6.74. The van der Waals surface area contributed by atoms with Crippen LogP contribution < -0.4 is 5.32 Å². The third-order valence-corrected chi connectivity index (χ3v) is 1.99. The Morgan fingerprint density at radius 1 is 1.57 bits per heavy atom. The number of nitrogens with zero attached hydrogens (tertiary/aromatic N) is 1. The van der Waals surface area contributed by atoms with Crippen LogP contribution in [0.1, 0.15) is 12.1 Å². The smallest absolute Gasteiger partial charge is 0.156 e. The predicted molar refractivity (Wildman–Crippen MR) is 59.0 cm³/mol. The van der Waals surface area contributed by atoms with Crippen molar-refractivity contribution in [3.05, 3.63) is 22.4 Å². The van der Waals surface area contributed by atoms with Crippen molar-refractivity contribution < 1.29 is 5.11 Å². The molecule has 0 saturated carbocycles. The van der Waals surface area contributed by atoms with Crippen molar-refractivity contribution in [1.82, 2.24) is 10.3 Å². The minimum atomic E-state index is 0.116. The Kier molecular flexibility index (Phi) is 4.44. The van der Waals surface area contributed by atoms with Crippen molar-refractivity contribution in [2.45, 2.75) is 6.42 Å². The van der Waals surface area contributed by atoms with Gasteiger partial charge >= 0.3 is 0 Å². The lowest BCUT2D eigenvalue weighted by atomic mass is 10.3. The maximum Gasteiger partial charge on any atom is 0.156 e. The van der Waals surface area contributed by atoms with Gasteiger partial charge < -0.3 is 10.4 Å². The van der Waals surface area contributed by atoms with E-state index in [1.165, 1.54) is 0 Å². The van der Waals surface area contributed by atoms with Crippen molar-refractivity contribution in [2.24, 2.45) is 0 Å². The molecule has 2 N–H and O–H groups in total. The molecule has 0 fully saturated rings. The average molecular weight is 255 g/mol. The summed E-state index contributed by atoms with van der Waals surface area (Å²) in [6.07, 6.45) is 0.740. The van der Waals surface area contributed by atoms with Crippen molar-refractivity contribution in [3.63, 3.8) is 0 Å². The first-order valence-electron chi connectivity index (χ1n) is 4.23. The van der Waals surface area contributed by atoms with Gasteiger partial charge in [-0.1, -0.05) is 5.92 Å². The van der Waals surface area contributed by atoms with Gasteiger partial charge in [0.25, 0.3) is 0 Å². The highest BCUT2D eigenvalue weighted by Crippen LogP contribution is 2.16. The van der Waals surface area contributed by atoms with E-state index in [9.17, 15) is 5.11 Å². The van der Waals surface area contributed by atoms with E-state index in [1.807, 2.05) is 7.05 Å². The number of pyridine rings is 1. The summed E-state index contributed by atoms with van der Waals surface area (Å²) in [5.74, 6) is 5.84. The van der Waals surface area contributed by atoms with Crippen LogP contribution in [0, 0.1) is 11.8 Å². The van der Waals surface area contributed by atoms with Gasteiger partial charge in [0.1, 0.15) is 10.4 Å². The second kappa shape index (κ2) is 5.63. The summed E-state index contributed by atoms with van der Waals surface area (Å²) < 4.78 is 0.674. The van der Waals surface area contributed by atoms with Crippen molar-refractivity contribution >= 4 is 15.9 Å². The molecule has 3 nitrogen and oxygen atoms in total. The van der Waals surface area contributed by atoms with Crippen molar-refractivity contribution in [2.75, 3.05) is 13.6 Å². The van der Waals surface area contributed by atoms with Crippen LogP contribution in [0.15, 0.2) is 16.7 Å². The highest BCUT2D eigenvalue weighted by molar-refractivity contribution is 9.10. The standard InChI is InChI=1S/C10H11BrN2O/c1-12-7-3-2-4-8-9(14)5-6-10(11)13-8/h5-6,12,14H,3,7H2,1H3. The molecule has 1 aromatic heterocycles. The van der Waals surface area contributed by atoms with E-state index in [1.54, 1.807) is 12.1 Å². The van der Waals surface area contributed by atoms with Crippen molar-refractivity contribution in [3.8, 4) is 17.6 Å². The predicted octanol–water partition coefficient (Wildman–Crippen LogP) is 1.51. The van der Waals surface area contributed by atoms with Gasteiger partial charge in [-0.15, -0.1) is 0 Å². The maximum atomic E-state index is 9.39. The Morgan fingerprint density at radius 3 is 3.07 bits per heavy atom. The summed E-state index contributed by atoms with van der Waals surface area (Å²) in [6.45, 7) is 0.835. The fraction of sp³-hybridized carbons (Fsp3) is 0.300. The number of rotatable bonds is 2. The summed E-state index contributed by atoms with van der Waals surface area (Å²) >= 11 is 3.22. The summed E-state index contributed by atoms with van der Waals surface area (Å²) in [7, 11) is 1.87. The number of halogens is 1. The number of aromatic hydroxyl groups is 1. The molecule has 74 valence electrons. The summed E-state index contributed by atoms with van der Waals surface area (Å²) in [4.78, 5) is 4.04. The quantitative estimate of drug-likeness (QED) is 0.478. The van der Waals surface area contributed by atoms with Crippen LogP contribution >= 0.6 is 15.9 Å². The average Bonchev–Trinajstić information content (AvgIpc) is 2.18. The third-order valence-electron chi connectivity index (χ3n) is 1.55. The van der Waals surface area contributed by atoms with Crippen LogP contribution in [0.25, 0.3) is 0 Å². The molecule has 4 heteroatoms. The molecule has 0 bridgehead atoms. The minimum Gasteiger partial charge on any atom is -0.505 e. The van der Waals surface area contributed by atoms with E-state index < -0.39 is 0 Å². The van der Waals surface area contributed by atoms with Crippen LogP contribution in [0.4, 0.5) is 0 Å². The monoisotopic (exact) mass is 254 g/mol. The molecule has 0 spiro atoms. The molecule has 0 amide bonds. The van der Waals surface area contributed by atoms with Crippen LogP contribution in [0.3, 0.4) is 0 Å². The normalized spacial score (nSPS) is 9.29.